The van der Waals surface area contributed by atoms with Crippen LogP contribution < -0.4 is 0 Å². The van der Waals surface area contributed by atoms with Crippen molar-refractivity contribution in [3.05, 3.63) is 101 Å². The van der Waals surface area contributed by atoms with Crippen molar-refractivity contribution >= 4 is 0 Å². The molecule has 1 heterocycles. The molecule has 0 saturated carbocycles. The molecule has 1 N–H and O–H groups in total. The summed E-state index contributed by atoms with van der Waals surface area (Å²) in [6, 6.07) is 24.9. The van der Waals surface area contributed by atoms with E-state index in [4.69, 9.17) is 4.98 Å². The van der Waals surface area contributed by atoms with Gasteiger partial charge >= 0.3 is 0 Å². The normalized spacial score (nSPS) is 13.1. The van der Waals surface area contributed by atoms with Gasteiger partial charge in [0.25, 0.3) is 0 Å². The lowest BCUT2D eigenvalue weighted by Crippen LogP contribution is -2.02. The van der Waals surface area contributed by atoms with Crippen LogP contribution in [0.4, 0.5) is 0 Å². The predicted molar refractivity (Wildman–Crippen MR) is 116 cm³/mol. The van der Waals surface area contributed by atoms with E-state index in [9.17, 15) is 5.11 Å². The van der Waals surface area contributed by atoms with Crippen LogP contribution in [0.3, 0.4) is 0 Å². The van der Waals surface area contributed by atoms with Crippen molar-refractivity contribution in [2.45, 2.75) is 25.7 Å². The number of benzene rings is 3. The third kappa shape index (κ3) is 3.52. The van der Waals surface area contributed by atoms with E-state index >= 15 is 0 Å². The molecule has 0 spiro atoms. The van der Waals surface area contributed by atoms with Gasteiger partial charge < -0.3 is 5.11 Å². The first-order valence-electron chi connectivity index (χ1n) is 10.1. The molecule has 0 saturated heterocycles. The van der Waals surface area contributed by atoms with Crippen molar-refractivity contribution in [2.24, 2.45) is 0 Å². The van der Waals surface area contributed by atoms with Gasteiger partial charge in [0.1, 0.15) is 5.75 Å². The zero-order valence-corrected chi connectivity index (χ0v) is 16.2. The maximum absolute atomic E-state index is 11.2. The molecule has 3 nitrogen and oxygen atoms in total. The fourth-order valence-electron chi connectivity index (χ4n) is 4.03. The number of aromatic nitrogens is 2. The van der Waals surface area contributed by atoms with Crippen molar-refractivity contribution < 1.29 is 5.11 Å². The van der Waals surface area contributed by atoms with E-state index in [-0.39, 0.29) is 0 Å². The van der Waals surface area contributed by atoms with E-state index < -0.39 is 0 Å². The summed E-state index contributed by atoms with van der Waals surface area (Å²) in [7, 11) is 0. The molecule has 29 heavy (non-hydrogen) atoms. The molecule has 3 heteroatoms. The van der Waals surface area contributed by atoms with Crippen molar-refractivity contribution in [1.29, 1.82) is 0 Å². The van der Waals surface area contributed by atoms with Crippen LogP contribution in [0.1, 0.15) is 22.3 Å². The number of nitrogens with zero attached hydrogens (tertiary/aromatic N) is 2. The van der Waals surface area contributed by atoms with Crippen LogP contribution in [0, 0.1) is 0 Å². The van der Waals surface area contributed by atoms with Crippen LogP contribution in [0.2, 0.25) is 0 Å². The quantitative estimate of drug-likeness (QED) is 0.508. The average Bonchev–Trinajstić information content (AvgIpc) is 2.77. The molecule has 0 fully saturated rings. The number of phenols is 1. The van der Waals surface area contributed by atoms with E-state index in [1.165, 1.54) is 11.1 Å². The van der Waals surface area contributed by atoms with Crippen molar-refractivity contribution in [3.8, 4) is 28.4 Å². The van der Waals surface area contributed by atoms with E-state index in [0.29, 0.717) is 11.6 Å². The fraction of sp³-hybridized carbons (Fsp3) is 0.154. The summed E-state index contributed by atoms with van der Waals surface area (Å²) in [6.45, 7) is 0. The highest BCUT2D eigenvalue weighted by Gasteiger charge is 2.17. The maximum atomic E-state index is 11.2. The van der Waals surface area contributed by atoms with E-state index in [1.54, 1.807) is 6.20 Å². The Kier molecular flexibility index (Phi) is 4.57. The third-order valence-corrected chi connectivity index (χ3v) is 5.68. The van der Waals surface area contributed by atoms with Gasteiger partial charge in [0.05, 0.1) is 5.69 Å². The highest BCUT2D eigenvalue weighted by molar-refractivity contribution is 5.74. The highest BCUT2D eigenvalue weighted by atomic mass is 16.3. The molecule has 0 atom stereocenters. The Morgan fingerprint density at radius 2 is 1.31 bits per heavy atom. The van der Waals surface area contributed by atoms with Gasteiger partial charge in [-0.15, -0.1) is 0 Å². The summed E-state index contributed by atoms with van der Waals surface area (Å²) in [6.07, 6.45) is 5.28. The minimum Gasteiger partial charge on any atom is -0.507 e. The van der Waals surface area contributed by atoms with Gasteiger partial charge in [0.2, 0.25) is 0 Å². The molecule has 4 aliphatic rings. The van der Waals surface area contributed by atoms with Crippen molar-refractivity contribution in [2.75, 3.05) is 0 Å². The van der Waals surface area contributed by atoms with Gasteiger partial charge in [0, 0.05) is 17.3 Å². The minimum absolute atomic E-state index is 0.357. The third-order valence-electron chi connectivity index (χ3n) is 5.68. The largest absolute Gasteiger partial charge is 0.507 e. The molecule has 0 radical (unpaired) electrons. The average molecular weight is 378 g/mol. The molecule has 4 aliphatic carbocycles. The lowest BCUT2D eigenvalue weighted by Gasteiger charge is -2.17. The Hall–Kier alpha value is -3.46. The molecular formula is C26H22N2O. The molecule has 8 rings (SSSR count). The second-order valence-electron chi connectivity index (χ2n) is 7.56. The summed E-state index contributed by atoms with van der Waals surface area (Å²) in [5, 5.41) is 11.2. The Morgan fingerprint density at radius 3 is 2.03 bits per heavy atom. The summed E-state index contributed by atoms with van der Waals surface area (Å²) >= 11 is 0. The first-order chi connectivity index (χ1) is 14.3. The molecule has 4 aromatic rings. The number of phenolic OH excluding ortho intramolecular Hbond substituents is 1. The van der Waals surface area contributed by atoms with Crippen LogP contribution in [-0.2, 0) is 25.7 Å². The van der Waals surface area contributed by atoms with Crippen LogP contribution in [-0.4, -0.2) is 15.1 Å². The molecule has 3 aromatic carbocycles. The number of rotatable bonds is 2. The summed E-state index contributed by atoms with van der Waals surface area (Å²) in [5.41, 5.74) is 7.29. The molecule has 1 aromatic heterocycles. The Morgan fingerprint density at radius 1 is 0.655 bits per heavy atom. The van der Waals surface area contributed by atoms with Gasteiger partial charge in [-0.2, -0.15) is 0 Å². The lowest BCUT2D eigenvalue weighted by atomic mass is 9.91. The van der Waals surface area contributed by atoms with Crippen LogP contribution in [0.25, 0.3) is 22.6 Å². The monoisotopic (exact) mass is 378 g/mol. The van der Waals surface area contributed by atoms with E-state index in [1.807, 2.05) is 36.4 Å². The maximum Gasteiger partial charge on any atom is 0.159 e. The molecule has 4 bridgehead atoms. The Balaban J connectivity index is 1.62. The Bertz CT molecular complexity index is 1150. The lowest BCUT2D eigenvalue weighted by molar-refractivity contribution is 0.469. The highest BCUT2D eigenvalue weighted by Crippen LogP contribution is 2.37. The summed E-state index contributed by atoms with van der Waals surface area (Å²) in [4.78, 5) is 9.27. The first-order valence-corrected chi connectivity index (χ1v) is 10.1. The second-order valence-corrected chi connectivity index (χ2v) is 7.56. The molecule has 0 amide bonds. The first kappa shape index (κ1) is 17.6. The topological polar surface area (TPSA) is 46.0 Å². The standard InChI is InChI=1S/C26H22N2O/c29-25-21-13-11-19-8-6-18(7-9-19)10-12-20(14-15-21)24(25)23-16-17-27-26(28-23)22-4-2-1-3-5-22/h1-9,14-17,29H,10-13H2. The van der Waals surface area contributed by atoms with Crippen LogP contribution in [0.15, 0.2) is 79.0 Å². The van der Waals surface area contributed by atoms with Gasteiger partial charge in [-0.25, -0.2) is 9.97 Å². The molecular weight excluding hydrogens is 356 g/mol. The number of aromatic hydroxyl groups is 1. The zero-order chi connectivity index (χ0) is 19.6. The summed E-state index contributed by atoms with van der Waals surface area (Å²) < 4.78 is 0. The minimum atomic E-state index is 0.357. The molecule has 142 valence electrons. The smallest absolute Gasteiger partial charge is 0.159 e. The fourth-order valence-corrected chi connectivity index (χ4v) is 4.03. The van der Waals surface area contributed by atoms with Crippen LogP contribution in [0.5, 0.6) is 5.75 Å². The summed E-state index contributed by atoms with van der Waals surface area (Å²) in [5.74, 6) is 1.03. The number of aryl methyl sites for hydroxylation is 4. The van der Waals surface area contributed by atoms with Gasteiger partial charge in [0.15, 0.2) is 5.82 Å². The van der Waals surface area contributed by atoms with E-state index in [2.05, 4.69) is 41.4 Å². The van der Waals surface area contributed by atoms with Gasteiger partial charge in [-0.1, -0.05) is 66.7 Å². The van der Waals surface area contributed by atoms with Gasteiger partial charge in [-0.05, 0) is 54.0 Å². The molecule has 0 aliphatic heterocycles. The second kappa shape index (κ2) is 7.51. The van der Waals surface area contributed by atoms with Crippen LogP contribution >= 0.6 is 0 Å². The Labute approximate surface area is 170 Å². The molecule has 0 unspecified atom stereocenters. The SMILES string of the molecule is Oc1c2ccc(c1-c1ccnc(-c3ccccc3)n1)CCc1ccc(cc1)CC2. The van der Waals surface area contributed by atoms with E-state index in [0.717, 1.165) is 53.6 Å². The number of hydrogen-bond donors (Lipinski definition) is 1. The van der Waals surface area contributed by atoms with Crippen molar-refractivity contribution in [3.63, 3.8) is 0 Å². The predicted octanol–water partition coefficient (Wildman–Crippen LogP) is 5.40. The number of hydrogen-bond acceptors (Lipinski definition) is 3. The van der Waals surface area contributed by atoms with Gasteiger partial charge in [-0.3, -0.25) is 0 Å². The zero-order valence-electron chi connectivity index (χ0n) is 16.2. The van der Waals surface area contributed by atoms with Crippen molar-refractivity contribution in [1.82, 2.24) is 9.97 Å².